The van der Waals surface area contributed by atoms with Gasteiger partial charge in [-0.1, -0.05) is 27.7 Å². The summed E-state index contributed by atoms with van der Waals surface area (Å²) in [6, 6.07) is 2.73. The van der Waals surface area contributed by atoms with Crippen LogP contribution in [0.3, 0.4) is 0 Å². The lowest BCUT2D eigenvalue weighted by Crippen LogP contribution is -2.24. The van der Waals surface area contributed by atoms with Gasteiger partial charge >= 0.3 is 0 Å². The smallest absolute Gasteiger partial charge is 0.0420 e. The molecule has 0 aromatic carbocycles. The maximum absolute atomic E-state index is 3.54. The van der Waals surface area contributed by atoms with Crippen LogP contribution in [-0.2, 0) is 0 Å². The van der Waals surface area contributed by atoms with Gasteiger partial charge < -0.3 is 5.32 Å². The minimum atomic E-state index is 0.351. The van der Waals surface area contributed by atoms with E-state index in [1.54, 1.807) is 11.3 Å². The molecular formula is C12H21NS2. The standard InChI is InChI=1S/C12H21NS2/c1-5-13-11(9-15-12(2,3)4)10-6-7-14-8-10/h6-8,11,13H,5,9H2,1-4H3. The molecule has 1 aromatic rings. The van der Waals surface area contributed by atoms with E-state index in [2.05, 4.69) is 49.8 Å². The third kappa shape index (κ3) is 5.05. The Hall–Kier alpha value is 0.01000. The Bertz CT molecular complexity index is 262. The van der Waals surface area contributed by atoms with Gasteiger partial charge in [-0.25, -0.2) is 0 Å². The number of hydrogen-bond donors (Lipinski definition) is 1. The zero-order valence-corrected chi connectivity index (χ0v) is 11.7. The highest BCUT2D eigenvalue weighted by Gasteiger charge is 2.16. The van der Waals surface area contributed by atoms with Gasteiger partial charge in [-0.05, 0) is 28.9 Å². The average Bonchev–Trinajstić information content (AvgIpc) is 2.63. The van der Waals surface area contributed by atoms with Crippen molar-refractivity contribution in [2.75, 3.05) is 12.3 Å². The van der Waals surface area contributed by atoms with Crippen molar-refractivity contribution < 1.29 is 0 Å². The lowest BCUT2D eigenvalue weighted by molar-refractivity contribution is 0.605. The van der Waals surface area contributed by atoms with E-state index < -0.39 is 0 Å². The molecule has 0 spiro atoms. The van der Waals surface area contributed by atoms with E-state index >= 15 is 0 Å². The molecule has 1 unspecified atom stereocenters. The highest BCUT2D eigenvalue weighted by atomic mass is 32.2. The Kier molecular flexibility index (Phi) is 5.16. The molecule has 0 aliphatic carbocycles. The maximum atomic E-state index is 3.54. The Morgan fingerprint density at radius 2 is 2.20 bits per heavy atom. The largest absolute Gasteiger partial charge is 0.309 e. The summed E-state index contributed by atoms with van der Waals surface area (Å²) in [5, 5.41) is 7.94. The van der Waals surface area contributed by atoms with Gasteiger partial charge in [0.1, 0.15) is 0 Å². The normalized spacial score (nSPS) is 14.1. The first-order chi connectivity index (χ1) is 7.03. The van der Waals surface area contributed by atoms with Crippen LogP contribution in [-0.4, -0.2) is 17.0 Å². The molecule has 1 aromatic heterocycles. The third-order valence-electron chi connectivity index (χ3n) is 2.08. The van der Waals surface area contributed by atoms with Crippen LogP contribution in [0, 0.1) is 0 Å². The van der Waals surface area contributed by atoms with Gasteiger partial charge in [-0.3, -0.25) is 0 Å². The topological polar surface area (TPSA) is 12.0 Å². The Morgan fingerprint density at radius 3 is 2.67 bits per heavy atom. The lowest BCUT2D eigenvalue weighted by Gasteiger charge is -2.23. The summed E-state index contributed by atoms with van der Waals surface area (Å²) in [5.41, 5.74) is 1.43. The molecule has 3 heteroatoms. The molecule has 0 aliphatic rings. The predicted molar refractivity (Wildman–Crippen MR) is 72.9 cm³/mol. The lowest BCUT2D eigenvalue weighted by atomic mass is 10.2. The Balaban J connectivity index is 2.52. The SMILES string of the molecule is CCNC(CSC(C)(C)C)c1ccsc1. The second kappa shape index (κ2) is 5.92. The molecule has 1 nitrogen and oxygen atoms in total. The number of nitrogens with one attached hydrogen (secondary N) is 1. The molecule has 0 amide bonds. The van der Waals surface area contributed by atoms with Crippen molar-refractivity contribution in [3.8, 4) is 0 Å². The molecule has 0 radical (unpaired) electrons. The first-order valence-corrected chi connectivity index (χ1v) is 7.35. The van der Waals surface area contributed by atoms with Gasteiger partial charge in [0, 0.05) is 16.5 Å². The van der Waals surface area contributed by atoms with E-state index in [1.165, 1.54) is 5.56 Å². The zero-order chi connectivity index (χ0) is 11.3. The zero-order valence-electron chi connectivity index (χ0n) is 10.0. The van der Waals surface area contributed by atoms with E-state index in [-0.39, 0.29) is 0 Å². The monoisotopic (exact) mass is 243 g/mol. The van der Waals surface area contributed by atoms with Crippen molar-refractivity contribution >= 4 is 23.1 Å². The van der Waals surface area contributed by atoms with Crippen LogP contribution in [0.5, 0.6) is 0 Å². The van der Waals surface area contributed by atoms with Crippen LogP contribution in [0.25, 0.3) is 0 Å². The van der Waals surface area contributed by atoms with Gasteiger partial charge in [0.15, 0.2) is 0 Å². The fraction of sp³-hybridized carbons (Fsp3) is 0.667. The number of rotatable bonds is 5. The molecule has 0 saturated carbocycles. The Morgan fingerprint density at radius 1 is 1.47 bits per heavy atom. The minimum Gasteiger partial charge on any atom is -0.309 e. The molecule has 1 heterocycles. The van der Waals surface area contributed by atoms with E-state index in [1.807, 2.05) is 11.8 Å². The molecule has 0 bridgehead atoms. The van der Waals surface area contributed by atoms with Crippen LogP contribution in [0.15, 0.2) is 16.8 Å². The summed E-state index contributed by atoms with van der Waals surface area (Å²) in [5.74, 6) is 1.15. The highest BCUT2D eigenvalue weighted by Crippen LogP contribution is 2.29. The molecule has 1 atom stereocenters. The van der Waals surface area contributed by atoms with Crippen molar-refractivity contribution in [3.63, 3.8) is 0 Å². The number of thiophene rings is 1. The first-order valence-electron chi connectivity index (χ1n) is 5.42. The van der Waals surface area contributed by atoms with Crippen LogP contribution in [0.1, 0.15) is 39.3 Å². The summed E-state index contributed by atoms with van der Waals surface area (Å²) in [7, 11) is 0. The number of hydrogen-bond acceptors (Lipinski definition) is 3. The summed E-state index contributed by atoms with van der Waals surface area (Å²) < 4.78 is 0.351. The molecular weight excluding hydrogens is 222 g/mol. The molecule has 0 saturated heterocycles. The van der Waals surface area contributed by atoms with Gasteiger partial charge in [-0.2, -0.15) is 23.1 Å². The van der Waals surface area contributed by atoms with Crippen molar-refractivity contribution in [1.82, 2.24) is 5.32 Å². The molecule has 0 fully saturated rings. The van der Waals surface area contributed by atoms with Crippen molar-refractivity contribution in [3.05, 3.63) is 22.4 Å². The molecule has 1 N–H and O–H groups in total. The summed E-state index contributed by atoms with van der Waals surface area (Å²) in [6.45, 7) is 10.0. The predicted octanol–water partition coefficient (Wildman–Crippen LogP) is 3.93. The van der Waals surface area contributed by atoms with Gasteiger partial charge in [0.2, 0.25) is 0 Å². The molecule has 0 aliphatic heterocycles. The van der Waals surface area contributed by atoms with E-state index in [4.69, 9.17) is 0 Å². The quantitative estimate of drug-likeness (QED) is 0.841. The van der Waals surface area contributed by atoms with Crippen LogP contribution >= 0.6 is 23.1 Å². The van der Waals surface area contributed by atoms with Gasteiger partial charge in [0.05, 0.1) is 0 Å². The molecule has 15 heavy (non-hydrogen) atoms. The van der Waals surface area contributed by atoms with E-state index in [9.17, 15) is 0 Å². The van der Waals surface area contributed by atoms with Crippen LogP contribution in [0.2, 0.25) is 0 Å². The average molecular weight is 243 g/mol. The van der Waals surface area contributed by atoms with E-state index in [0.717, 1.165) is 12.3 Å². The highest BCUT2D eigenvalue weighted by molar-refractivity contribution is 8.00. The molecule has 86 valence electrons. The fourth-order valence-electron chi connectivity index (χ4n) is 1.33. The van der Waals surface area contributed by atoms with Crippen LogP contribution < -0.4 is 5.32 Å². The van der Waals surface area contributed by atoms with Crippen molar-refractivity contribution in [1.29, 1.82) is 0 Å². The minimum absolute atomic E-state index is 0.351. The van der Waals surface area contributed by atoms with E-state index in [0.29, 0.717) is 10.8 Å². The maximum Gasteiger partial charge on any atom is 0.0420 e. The van der Waals surface area contributed by atoms with Gasteiger partial charge in [0.25, 0.3) is 0 Å². The van der Waals surface area contributed by atoms with Crippen molar-refractivity contribution in [2.45, 2.75) is 38.5 Å². The molecule has 1 rings (SSSR count). The number of thioether (sulfide) groups is 1. The summed E-state index contributed by atoms with van der Waals surface area (Å²) >= 11 is 3.80. The second-order valence-electron chi connectivity index (χ2n) is 4.59. The van der Waals surface area contributed by atoms with Crippen molar-refractivity contribution in [2.24, 2.45) is 0 Å². The van der Waals surface area contributed by atoms with Crippen LogP contribution in [0.4, 0.5) is 0 Å². The Labute approximate surface area is 102 Å². The summed E-state index contributed by atoms with van der Waals surface area (Å²) in [4.78, 5) is 0. The third-order valence-corrected chi connectivity index (χ3v) is 4.15. The fourth-order valence-corrected chi connectivity index (χ4v) is 3.02. The summed E-state index contributed by atoms with van der Waals surface area (Å²) in [6.07, 6.45) is 0. The van der Waals surface area contributed by atoms with Gasteiger partial charge in [-0.15, -0.1) is 0 Å². The second-order valence-corrected chi connectivity index (χ2v) is 7.22. The first kappa shape index (κ1) is 13.1.